The second kappa shape index (κ2) is 25.9. The van der Waals surface area contributed by atoms with Crippen LogP contribution >= 0.6 is 11.6 Å². The first-order chi connectivity index (χ1) is 28.2. The average molecular weight is 845 g/mol. The van der Waals surface area contributed by atoms with E-state index in [1.807, 2.05) is 27.9 Å². The van der Waals surface area contributed by atoms with Crippen molar-refractivity contribution in [3.8, 4) is 11.4 Å². The molecular formula is C43H54ClF5N8O2. The van der Waals surface area contributed by atoms with Gasteiger partial charge in [0.2, 0.25) is 6.41 Å². The van der Waals surface area contributed by atoms with Gasteiger partial charge in [0.25, 0.3) is 0 Å². The van der Waals surface area contributed by atoms with Crippen molar-refractivity contribution in [3.63, 3.8) is 0 Å². The minimum Gasteiger partial charge on any atom is -0.341 e. The highest BCUT2D eigenvalue weighted by molar-refractivity contribution is 6.31. The van der Waals surface area contributed by atoms with Gasteiger partial charge < -0.3 is 10.6 Å². The van der Waals surface area contributed by atoms with E-state index in [1.54, 1.807) is 30.3 Å². The third kappa shape index (κ3) is 16.8. The summed E-state index contributed by atoms with van der Waals surface area (Å²) < 4.78 is 65.6. The summed E-state index contributed by atoms with van der Waals surface area (Å²) in [6, 6.07) is 15.5. The van der Waals surface area contributed by atoms with Crippen molar-refractivity contribution in [2.24, 2.45) is 5.92 Å². The Bertz CT molecular complexity index is 1910. The minimum atomic E-state index is -4.48. The third-order valence-corrected chi connectivity index (χ3v) is 9.27. The molecule has 5 rings (SSSR count). The van der Waals surface area contributed by atoms with Gasteiger partial charge >= 0.3 is 12.2 Å². The van der Waals surface area contributed by atoms with Gasteiger partial charge in [0.05, 0.1) is 24.5 Å². The van der Waals surface area contributed by atoms with E-state index in [0.29, 0.717) is 40.5 Å². The number of carbonyl (C=O) groups is 2. The summed E-state index contributed by atoms with van der Waals surface area (Å²) in [7, 11) is 5.22. The maximum Gasteiger partial charge on any atom is 0.416 e. The Morgan fingerprint density at radius 3 is 2.00 bits per heavy atom. The van der Waals surface area contributed by atoms with Gasteiger partial charge in [-0.15, -0.1) is 0 Å². The lowest BCUT2D eigenvalue weighted by Gasteiger charge is -2.27. The topological polar surface area (TPSA) is 138 Å². The molecule has 3 aromatic carbocycles. The molecule has 1 fully saturated rings. The number of carbonyl (C=O) groups excluding carboxylic acids is 2. The molecule has 0 atom stereocenters. The van der Waals surface area contributed by atoms with Gasteiger partial charge in [-0.1, -0.05) is 81.5 Å². The van der Waals surface area contributed by atoms with Gasteiger partial charge in [-0.05, 0) is 85.9 Å². The standard InChI is InChI=1S/C20H15ClF2N4O.C19H26F3N3O.C2H7N.C2H6/c21-18-6-3-14(20-25-9-17(23)10-26-20)8-15(18)11-27(12-28)19(24)7-13-1-4-16(22)5-2-13;1-24-18(26)25(13-14-8-4-2-3-5-9-14)17(23)12-15-10-6-7-11-16(15)19(20,21)22;1-3-2;1-2/h1-6,8-10,12,24H,7,11H2;6-7,10-11,14,23H,2-5,8-9,12-13H2,1H3,(H,24,26);3H,1-2H3;1-2H3. The van der Waals surface area contributed by atoms with Crippen LogP contribution < -0.4 is 10.6 Å². The molecule has 1 saturated carbocycles. The number of aromatic nitrogens is 2. The predicted molar refractivity (Wildman–Crippen MR) is 223 cm³/mol. The van der Waals surface area contributed by atoms with Crippen molar-refractivity contribution in [2.45, 2.75) is 77.9 Å². The van der Waals surface area contributed by atoms with Crippen molar-refractivity contribution in [2.75, 3.05) is 27.7 Å². The van der Waals surface area contributed by atoms with Crippen LogP contribution in [-0.2, 0) is 30.4 Å². The fourth-order valence-electron chi connectivity index (χ4n) is 6.06. The zero-order valence-electron chi connectivity index (χ0n) is 34.1. The van der Waals surface area contributed by atoms with E-state index >= 15 is 0 Å². The number of nitrogens with one attached hydrogen (secondary N) is 4. The van der Waals surface area contributed by atoms with Gasteiger partial charge in [-0.25, -0.2) is 23.5 Å². The number of hydrogen-bond acceptors (Lipinski definition) is 7. The van der Waals surface area contributed by atoms with E-state index in [2.05, 4.69) is 20.6 Å². The molecule has 0 unspecified atom stereocenters. The molecular weight excluding hydrogens is 791 g/mol. The molecule has 1 aliphatic carbocycles. The molecule has 0 radical (unpaired) electrons. The van der Waals surface area contributed by atoms with E-state index in [4.69, 9.17) is 22.4 Å². The maximum atomic E-state index is 13.2. The molecule has 0 saturated heterocycles. The first kappa shape index (κ1) is 49.9. The van der Waals surface area contributed by atoms with E-state index in [9.17, 15) is 31.5 Å². The first-order valence-corrected chi connectivity index (χ1v) is 19.7. The number of amidine groups is 2. The Kier molecular flexibility index (Phi) is 21.9. The van der Waals surface area contributed by atoms with Crippen molar-refractivity contribution in [1.29, 1.82) is 10.8 Å². The molecule has 4 aromatic rings. The highest BCUT2D eigenvalue weighted by Gasteiger charge is 2.34. The Labute approximate surface area is 348 Å². The molecule has 16 heteroatoms. The smallest absolute Gasteiger partial charge is 0.341 e. The quantitative estimate of drug-likeness (QED) is 0.0414. The Hall–Kier alpha value is -5.28. The summed E-state index contributed by atoms with van der Waals surface area (Å²) in [5.74, 6) is -0.369. The van der Waals surface area contributed by atoms with E-state index < -0.39 is 23.6 Å². The normalized spacial score (nSPS) is 12.5. The molecule has 1 heterocycles. The molecule has 59 heavy (non-hydrogen) atoms. The number of amides is 3. The molecule has 4 N–H and O–H groups in total. The lowest BCUT2D eigenvalue weighted by molar-refractivity contribution is -0.138. The highest BCUT2D eigenvalue weighted by Crippen LogP contribution is 2.32. The van der Waals surface area contributed by atoms with Crippen LogP contribution in [0.25, 0.3) is 11.4 Å². The second-order valence-electron chi connectivity index (χ2n) is 13.3. The fraction of sp³-hybridized carbons (Fsp3) is 0.395. The largest absolute Gasteiger partial charge is 0.416 e. The molecule has 0 spiro atoms. The second-order valence-corrected chi connectivity index (χ2v) is 13.7. The lowest BCUT2D eigenvalue weighted by atomic mass is 9.98. The summed E-state index contributed by atoms with van der Waals surface area (Å²) >= 11 is 6.24. The zero-order valence-corrected chi connectivity index (χ0v) is 34.9. The van der Waals surface area contributed by atoms with E-state index in [-0.39, 0.29) is 48.4 Å². The van der Waals surface area contributed by atoms with Crippen molar-refractivity contribution in [1.82, 2.24) is 30.4 Å². The molecule has 3 amide bonds. The Balaban J connectivity index is 0.000000368. The van der Waals surface area contributed by atoms with Crippen LogP contribution in [0.5, 0.6) is 0 Å². The molecule has 0 aliphatic heterocycles. The predicted octanol–water partition coefficient (Wildman–Crippen LogP) is 9.95. The lowest BCUT2D eigenvalue weighted by Crippen LogP contribution is -2.45. The number of halogens is 6. The summed E-state index contributed by atoms with van der Waals surface area (Å²) in [5.41, 5.74) is 1.16. The van der Waals surface area contributed by atoms with E-state index in [1.165, 1.54) is 60.0 Å². The monoisotopic (exact) mass is 844 g/mol. The maximum absolute atomic E-state index is 13.2. The SMILES string of the molecule is CC.CNC.CNC(=O)N(CC1CCCCCC1)C(=N)Cc1ccccc1C(F)(F)F.N=C(Cc1ccc(F)cc1)N(C=O)Cc1cc(-c2ncc(F)cn2)ccc1Cl. The average Bonchev–Trinajstić information content (AvgIpc) is 3.50. The van der Waals surface area contributed by atoms with Gasteiger partial charge in [0.15, 0.2) is 11.6 Å². The van der Waals surface area contributed by atoms with Crippen molar-refractivity contribution >= 4 is 35.7 Å². The van der Waals surface area contributed by atoms with Gasteiger partial charge in [-0.2, -0.15) is 13.2 Å². The number of rotatable bonds is 10. The van der Waals surface area contributed by atoms with Crippen molar-refractivity contribution in [3.05, 3.63) is 118 Å². The summed E-state index contributed by atoms with van der Waals surface area (Å²) in [5, 5.41) is 22.1. The fourth-order valence-corrected chi connectivity index (χ4v) is 6.23. The van der Waals surface area contributed by atoms with Crippen LogP contribution in [0.3, 0.4) is 0 Å². The molecule has 1 aliphatic rings. The summed E-state index contributed by atoms with van der Waals surface area (Å²) in [4.78, 5) is 34.1. The number of benzene rings is 3. The number of alkyl halides is 3. The molecule has 10 nitrogen and oxygen atoms in total. The van der Waals surface area contributed by atoms with Crippen LogP contribution in [0.1, 0.15) is 74.6 Å². The number of urea groups is 1. The Morgan fingerprint density at radius 2 is 1.44 bits per heavy atom. The summed E-state index contributed by atoms with van der Waals surface area (Å²) in [6.07, 6.45) is 4.64. The molecule has 320 valence electrons. The van der Waals surface area contributed by atoms with Gasteiger partial charge in [0.1, 0.15) is 17.5 Å². The molecule has 1 aromatic heterocycles. The molecule has 0 bridgehead atoms. The van der Waals surface area contributed by atoms with Crippen LogP contribution in [-0.4, -0.2) is 71.6 Å². The van der Waals surface area contributed by atoms with Crippen LogP contribution in [0, 0.1) is 28.4 Å². The van der Waals surface area contributed by atoms with Crippen LogP contribution in [0.15, 0.2) is 79.1 Å². The van der Waals surface area contributed by atoms with Crippen molar-refractivity contribution < 1.29 is 31.5 Å². The number of hydrogen-bond donors (Lipinski definition) is 4. The highest BCUT2D eigenvalue weighted by atomic mass is 35.5. The van der Waals surface area contributed by atoms with Gasteiger partial charge in [0, 0.05) is 37.0 Å². The Morgan fingerprint density at radius 1 is 0.847 bits per heavy atom. The first-order valence-electron chi connectivity index (χ1n) is 19.3. The minimum absolute atomic E-state index is 0.0137. The van der Waals surface area contributed by atoms with Crippen LogP contribution in [0.2, 0.25) is 5.02 Å². The van der Waals surface area contributed by atoms with E-state index in [0.717, 1.165) is 44.1 Å². The van der Waals surface area contributed by atoms with Crippen LogP contribution in [0.4, 0.5) is 26.7 Å². The zero-order chi connectivity index (χ0) is 44.0. The number of nitrogens with zero attached hydrogens (tertiary/aromatic N) is 4. The summed E-state index contributed by atoms with van der Waals surface area (Å²) in [6.45, 7) is 4.45. The van der Waals surface area contributed by atoms with Gasteiger partial charge in [-0.3, -0.25) is 25.4 Å². The third-order valence-electron chi connectivity index (χ3n) is 8.90.